The molecular formula is C16H15Cl2N3O2. The van der Waals surface area contributed by atoms with Crippen LogP contribution in [0.3, 0.4) is 0 Å². The maximum atomic E-state index is 11.9. The second-order valence-corrected chi connectivity index (χ2v) is 5.88. The molecule has 0 bridgehead atoms. The van der Waals surface area contributed by atoms with Crippen molar-refractivity contribution in [2.75, 3.05) is 29.6 Å². The number of nitrogens with one attached hydrogen (secondary N) is 2. The summed E-state index contributed by atoms with van der Waals surface area (Å²) in [4.78, 5) is 25.7. The fourth-order valence-corrected chi connectivity index (χ4v) is 2.37. The highest BCUT2D eigenvalue weighted by atomic mass is 35.5. The van der Waals surface area contributed by atoms with Crippen molar-refractivity contribution in [1.29, 1.82) is 0 Å². The van der Waals surface area contributed by atoms with Crippen LogP contribution in [0.5, 0.6) is 0 Å². The van der Waals surface area contributed by atoms with Crippen LogP contribution in [0.2, 0.25) is 10.0 Å². The average Bonchev–Trinajstić information content (AvgIpc) is 2.46. The summed E-state index contributed by atoms with van der Waals surface area (Å²) < 4.78 is 0. The molecule has 2 amide bonds. The fourth-order valence-electron chi connectivity index (χ4n) is 1.84. The number of anilines is 3. The molecule has 120 valence electrons. The van der Waals surface area contributed by atoms with Gasteiger partial charge in [0, 0.05) is 41.2 Å². The standard InChI is InChI=1S/C16H15Cl2N3O2/c1-21(2)14-5-3-12(4-6-14)19-15(22)16(23)20-13-8-10(17)7-11(18)9-13/h3-9H,1-2H3,(H,19,22)(H,20,23). The first-order valence-corrected chi connectivity index (χ1v) is 7.46. The van der Waals surface area contributed by atoms with E-state index >= 15 is 0 Å². The van der Waals surface area contributed by atoms with Gasteiger partial charge in [-0.25, -0.2) is 0 Å². The van der Waals surface area contributed by atoms with Gasteiger partial charge in [-0.1, -0.05) is 23.2 Å². The number of hydrogen-bond acceptors (Lipinski definition) is 3. The molecule has 2 N–H and O–H groups in total. The number of carbonyl (C=O) groups is 2. The van der Waals surface area contributed by atoms with Gasteiger partial charge in [0.15, 0.2) is 0 Å². The first-order chi connectivity index (χ1) is 10.8. The van der Waals surface area contributed by atoms with Gasteiger partial charge in [-0.15, -0.1) is 0 Å². The molecule has 2 aromatic rings. The molecule has 0 aliphatic heterocycles. The number of halogens is 2. The molecule has 0 spiro atoms. The first-order valence-electron chi connectivity index (χ1n) is 6.71. The zero-order chi connectivity index (χ0) is 17.0. The second kappa shape index (κ2) is 7.35. The van der Waals surface area contributed by atoms with Gasteiger partial charge >= 0.3 is 11.8 Å². The number of hydrogen-bond donors (Lipinski definition) is 2. The van der Waals surface area contributed by atoms with Crippen LogP contribution in [0.4, 0.5) is 17.1 Å². The molecule has 0 radical (unpaired) electrons. The number of rotatable bonds is 3. The van der Waals surface area contributed by atoms with Crippen molar-refractivity contribution in [3.8, 4) is 0 Å². The van der Waals surface area contributed by atoms with E-state index in [4.69, 9.17) is 23.2 Å². The van der Waals surface area contributed by atoms with Crippen LogP contribution < -0.4 is 15.5 Å². The lowest BCUT2D eigenvalue weighted by Gasteiger charge is -2.13. The van der Waals surface area contributed by atoms with Crippen molar-refractivity contribution in [3.63, 3.8) is 0 Å². The summed E-state index contributed by atoms with van der Waals surface area (Å²) in [6, 6.07) is 11.7. The molecule has 2 aromatic carbocycles. The minimum Gasteiger partial charge on any atom is -0.378 e. The molecular weight excluding hydrogens is 337 g/mol. The van der Waals surface area contributed by atoms with E-state index in [2.05, 4.69) is 10.6 Å². The van der Waals surface area contributed by atoms with Gasteiger partial charge in [0.1, 0.15) is 0 Å². The molecule has 0 aliphatic carbocycles. The molecule has 0 saturated heterocycles. The molecule has 23 heavy (non-hydrogen) atoms. The fraction of sp³-hybridized carbons (Fsp3) is 0.125. The van der Waals surface area contributed by atoms with E-state index in [-0.39, 0.29) is 0 Å². The van der Waals surface area contributed by atoms with E-state index in [0.29, 0.717) is 21.4 Å². The molecule has 7 heteroatoms. The molecule has 0 unspecified atom stereocenters. The van der Waals surface area contributed by atoms with E-state index in [1.165, 1.54) is 18.2 Å². The third-order valence-corrected chi connectivity index (χ3v) is 3.40. The highest BCUT2D eigenvalue weighted by Crippen LogP contribution is 2.22. The zero-order valence-corrected chi connectivity index (χ0v) is 14.1. The topological polar surface area (TPSA) is 61.4 Å². The van der Waals surface area contributed by atoms with Crippen LogP contribution in [-0.4, -0.2) is 25.9 Å². The summed E-state index contributed by atoms with van der Waals surface area (Å²) in [7, 11) is 3.83. The largest absolute Gasteiger partial charge is 0.378 e. The van der Waals surface area contributed by atoms with Crippen LogP contribution in [0.15, 0.2) is 42.5 Å². The molecule has 0 aliphatic rings. The van der Waals surface area contributed by atoms with Crippen LogP contribution in [0.25, 0.3) is 0 Å². The van der Waals surface area contributed by atoms with Gasteiger partial charge in [0.2, 0.25) is 0 Å². The predicted molar refractivity (Wildman–Crippen MR) is 94.5 cm³/mol. The summed E-state index contributed by atoms with van der Waals surface area (Å²) in [6.45, 7) is 0. The summed E-state index contributed by atoms with van der Waals surface area (Å²) in [5.74, 6) is -1.58. The quantitative estimate of drug-likeness (QED) is 0.830. The monoisotopic (exact) mass is 351 g/mol. The molecule has 0 heterocycles. The van der Waals surface area contributed by atoms with Crippen LogP contribution in [0, 0.1) is 0 Å². The lowest BCUT2D eigenvalue weighted by Crippen LogP contribution is -2.29. The number of amides is 2. The number of benzene rings is 2. The van der Waals surface area contributed by atoms with Crippen molar-refractivity contribution >= 4 is 52.1 Å². The van der Waals surface area contributed by atoms with E-state index < -0.39 is 11.8 Å². The Hall–Kier alpha value is -2.24. The Morgan fingerprint density at radius 2 is 1.30 bits per heavy atom. The van der Waals surface area contributed by atoms with Gasteiger partial charge < -0.3 is 15.5 Å². The molecule has 0 aromatic heterocycles. The van der Waals surface area contributed by atoms with Crippen molar-refractivity contribution < 1.29 is 9.59 Å². The minimum absolute atomic E-state index is 0.352. The SMILES string of the molecule is CN(C)c1ccc(NC(=O)C(=O)Nc2cc(Cl)cc(Cl)c2)cc1. The Morgan fingerprint density at radius 1 is 0.826 bits per heavy atom. The highest BCUT2D eigenvalue weighted by molar-refractivity contribution is 6.44. The van der Waals surface area contributed by atoms with Crippen molar-refractivity contribution in [2.24, 2.45) is 0 Å². The smallest absolute Gasteiger partial charge is 0.314 e. The maximum absolute atomic E-state index is 11.9. The molecule has 5 nitrogen and oxygen atoms in total. The Balaban J connectivity index is 2.01. The lowest BCUT2D eigenvalue weighted by molar-refractivity contribution is -0.132. The summed E-state index contributed by atoms with van der Waals surface area (Å²) in [5, 5.41) is 5.70. The normalized spacial score (nSPS) is 10.1. The summed E-state index contributed by atoms with van der Waals surface area (Å²) in [6.07, 6.45) is 0. The van der Waals surface area contributed by atoms with E-state index in [1.807, 2.05) is 31.1 Å². The Bertz CT molecular complexity index is 710. The highest BCUT2D eigenvalue weighted by Gasteiger charge is 2.14. The average molecular weight is 352 g/mol. The third-order valence-electron chi connectivity index (χ3n) is 2.97. The molecule has 0 atom stereocenters. The lowest BCUT2D eigenvalue weighted by atomic mass is 10.2. The van der Waals surface area contributed by atoms with Crippen molar-refractivity contribution in [1.82, 2.24) is 0 Å². The second-order valence-electron chi connectivity index (χ2n) is 5.01. The van der Waals surface area contributed by atoms with Gasteiger partial charge in [0.05, 0.1) is 0 Å². The van der Waals surface area contributed by atoms with Gasteiger partial charge in [0.25, 0.3) is 0 Å². The summed E-state index contributed by atoms with van der Waals surface area (Å²) >= 11 is 11.7. The maximum Gasteiger partial charge on any atom is 0.314 e. The molecule has 2 rings (SSSR count). The van der Waals surface area contributed by atoms with Crippen molar-refractivity contribution in [2.45, 2.75) is 0 Å². The van der Waals surface area contributed by atoms with Crippen molar-refractivity contribution in [3.05, 3.63) is 52.5 Å². The van der Waals surface area contributed by atoms with Gasteiger partial charge in [-0.3, -0.25) is 9.59 Å². The number of carbonyl (C=O) groups excluding carboxylic acids is 2. The zero-order valence-electron chi connectivity index (χ0n) is 12.6. The van der Waals surface area contributed by atoms with Crippen LogP contribution >= 0.6 is 23.2 Å². The molecule has 0 fully saturated rings. The Morgan fingerprint density at radius 3 is 1.78 bits per heavy atom. The number of nitrogens with zero attached hydrogens (tertiary/aromatic N) is 1. The van der Waals surface area contributed by atoms with Gasteiger partial charge in [-0.2, -0.15) is 0 Å². The third kappa shape index (κ3) is 4.87. The van der Waals surface area contributed by atoms with E-state index in [9.17, 15) is 9.59 Å². The summed E-state index contributed by atoms with van der Waals surface area (Å²) in [5.41, 5.74) is 1.87. The Kier molecular flexibility index (Phi) is 5.47. The van der Waals surface area contributed by atoms with E-state index in [0.717, 1.165) is 5.69 Å². The van der Waals surface area contributed by atoms with Crippen LogP contribution in [0.1, 0.15) is 0 Å². The minimum atomic E-state index is -0.806. The van der Waals surface area contributed by atoms with Gasteiger partial charge in [-0.05, 0) is 42.5 Å². The molecule has 0 saturated carbocycles. The van der Waals surface area contributed by atoms with E-state index in [1.54, 1.807) is 12.1 Å². The Labute approximate surface area is 144 Å². The first kappa shape index (κ1) is 17.1. The van der Waals surface area contributed by atoms with Crippen LogP contribution in [-0.2, 0) is 9.59 Å². The predicted octanol–water partition coefficient (Wildman–Crippen LogP) is 3.64.